The van der Waals surface area contributed by atoms with E-state index >= 15 is 0 Å². The van der Waals surface area contributed by atoms with Crippen LogP contribution in [0.15, 0.2) is 83.9 Å². The molecular formula is C25H19N3O2. The van der Waals surface area contributed by atoms with Crippen LogP contribution in [0.1, 0.15) is 11.3 Å². The molecule has 5 heteroatoms. The number of para-hydroxylation sites is 1. The van der Waals surface area contributed by atoms with E-state index in [0.717, 1.165) is 28.1 Å². The smallest absolute Gasteiger partial charge is 0.224 e. The predicted octanol–water partition coefficient (Wildman–Crippen LogP) is 5.51. The van der Waals surface area contributed by atoms with Crippen molar-refractivity contribution in [3.05, 3.63) is 90.1 Å². The van der Waals surface area contributed by atoms with Gasteiger partial charge in [0.15, 0.2) is 0 Å². The van der Waals surface area contributed by atoms with Crippen LogP contribution in [-0.2, 0) is 0 Å². The van der Waals surface area contributed by atoms with Crippen LogP contribution < -0.4 is 4.74 Å². The molecule has 2 heterocycles. The summed E-state index contributed by atoms with van der Waals surface area (Å²) in [5, 5.41) is 11.2. The van der Waals surface area contributed by atoms with Gasteiger partial charge in [0, 0.05) is 29.0 Å². The van der Waals surface area contributed by atoms with Crippen molar-refractivity contribution in [2.75, 3.05) is 7.11 Å². The zero-order valence-electron chi connectivity index (χ0n) is 16.4. The molecule has 146 valence electrons. The molecule has 0 saturated heterocycles. The fraction of sp³-hybridized carbons (Fsp3) is 0.0400. The van der Waals surface area contributed by atoms with Gasteiger partial charge in [-0.25, -0.2) is 4.98 Å². The Kier molecular flexibility index (Phi) is 4.41. The predicted molar refractivity (Wildman–Crippen MR) is 120 cm³/mol. The zero-order valence-corrected chi connectivity index (χ0v) is 16.4. The van der Waals surface area contributed by atoms with Crippen LogP contribution in [-0.4, -0.2) is 28.0 Å². The van der Waals surface area contributed by atoms with E-state index in [2.05, 4.69) is 4.99 Å². The van der Waals surface area contributed by atoms with Crippen molar-refractivity contribution in [1.82, 2.24) is 9.55 Å². The highest BCUT2D eigenvalue weighted by molar-refractivity contribution is 6.21. The minimum Gasteiger partial charge on any atom is -0.497 e. The number of ether oxygens (including phenoxy) is 1. The summed E-state index contributed by atoms with van der Waals surface area (Å²) in [6.07, 6.45) is 3.67. The van der Waals surface area contributed by atoms with E-state index < -0.39 is 0 Å². The van der Waals surface area contributed by atoms with Gasteiger partial charge in [-0.2, -0.15) is 0 Å². The van der Waals surface area contributed by atoms with Gasteiger partial charge in [0.25, 0.3) is 0 Å². The van der Waals surface area contributed by atoms with Crippen molar-refractivity contribution in [1.29, 1.82) is 0 Å². The Morgan fingerprint density at radius 1 is 0.933 bits per heavy atom. The van der Waals surface area contributed by atoms with Crippen LogP contribution >= 0.6 is 0 Å². The second-order valence-electron chi connectivity index (χ2n) is 6.92. The normalized spacial score (nSPS) is 13.6. The largest absolute Gasteiger partial charge is 0.497 e. The lowest BCUT2D eigenvalue weighted by Gasteiger charge is -2.10. The van der Waals surface area contributed by atoms with Gasteiger partial charge >= 0.3 is 0 Å². The SMILES string of the molecule is COc1cccc(-n2c(-c3ccccc3)nc(/C=C3\C=Nc4ccccc43)c2O)c1. The third-order valence-electron chi connectivity index (χ3n) is 5.07. The van der Waals surface area contributed by atoms with Gasteiger partial charge in [0.05, 0.1) is 18.5 Å². The summed E-state index contributed by atoms with van der Waals surface area (Å²) in [4.78, 5) is 9.23. The Bertz CT molecular complexity index is 1290. The molecule has 5 rings (SSSR count). The standard InChI is InChI=1S/C25H19N3O2/c1-30-20-11-7-10-19(15-20)28-24(17-8-3-2-4-9-17)27-23(25(28)29)14-18-16-26-22-13-6-5-12-21(18)22/h2-16,29H,1H3/b18-14+. The number of benzene rings is 3. The van der Waals surface area contributed by atoms with Crippen LogP contribution in [0, 0.1) is 0 Å². The molecule has 0 bridgehead atoms. The first-order valence-corrected chi connectivity index (χ1v) is 9.61. The molecule has 30 heavy (non-hydrogen) atoms. The van der Waals surface area contributed by atoms with Gasteiger partial charge in [-0.3, -0.25) is 9.56 Å². The van der Waals surface area contributed by atoms with Gasteiger partial charge in [0.1, 0.15) is 17.3 Å². The Labute approximate surface area is 174 Å². The Morgan fingerprint density at radius 3 is 2.57 bits per heavy atom. The maximum absolute atomic E-state index is 11.2. The van der Waals surface area contributed by atoms with Crippen molar-refractivity contribution >= 4 is 23.6 Å². The lowest BCUT2D eigenvalue weighted by molar-refractivity contribution is 0.414. The first-order valence-electron chi connectivity index (χ1n) is 9.61. The van der Waals surface area contributed by atoms with Crippen molar-refractivity contribution in [3.63, 3.8) is 0 Å². The maximum Gasteiger partial charge on any atom is 0.224 e. The van der Waals surface area contributed by atoms with Crippen molar-refractivity contribution in [3.8, 4) is 28.7 Å². The summed E-state index contributed by atoms with van der Waals surface area (Å²) >= 11 is 0. The number of aliphatic imine (C=N–C) groups is 1. The number of allylic oxidation sites excluding steroid dienone is 1. The third-order valence-corrected chi connectivity index (χ3v) is 5.07. The molecule has 3 aromatic carbocycles. The summed E-state index contributed by atoms with van der Waals surface area (Å²) in [5.74, 6) is 1.42. The average molecular weight is 393 g/mol. The summed E-state index contributed by atoms with van der Waals surface area (Å²) in [6.45, 7) is 0. The van der Waals surface area contributed by atoms with Gasteiger partial charge < -0.3 is 9.84 Å². The molecule has 0 fully saturated rings. The number of rotatable bonds is 4. The van der Waals surface area contributed by atoms with Crippen LogP contribution in [0.4, 0.5) is 5.69 Å². The molecule has 0 spiro atoms. The molecule has 0 unspecified atom stereocenters. The number of nitrogens with zero attached hydrogens (tertiary/aromatic N) is 3. The van der Waals surface area contributed by atoms with Crippen LogP contribution in [0.5, 0.6) is 11.6 Å². The molecule has 0 aliphatic carbocycles. The number of hydrogen-bond acceptors (Lipinski definition) is 4. The quantitative estimate of drug-likeness (QED) is 0.497. The number of aromatic hydroxyl groups is 1. The number of imidazole rings is 1. The highest BCUT2D eigenvalue weighted by Gasteiger charge is 2.20. The molecule has 5 nitrogen and oxygen atoms in total. The molecule has 0 radical (unpaired) electrons. The van der Waals surface area contributed by atoms with E-state index in [4.69, 9.17) is 9.72 Å². The summed E-state index contributed by atoms with van der Waals surface area (Å²) in [7, 11) is 1.62. The molecule has 0 amide bonds. The minimum atomic E-state index is 0.0624. The molecule has 1 aromatic heterocycles. The maximum atomic E-state index is 11.2. The second kappa shape index (κ2) is 7.37. The van der Waals surface area contributed by atoms with Crippen molar-refractivity contribution in [2.24, 2.45) is 4.99 Å². The van der Waals surface area contributed by atoms with E-state index in [0.29, 0.717) is 17.3 Å². The van der Waals surface area contributed by atoms with Gasteiger partial charge in [-0.15, -0.1) is 0 Å². The molecule has 0 saturated carbocycles. The molecular weight excluding hydrogens is 374 g/mol. The lowest BCUT2D eigenvalue weighted by atomic mass is 10.1. The second-order valence-corrected chi connectivity index (χ2v) is 6.92. The molecule has 0 atom stereocenters. The highest BCUT2D eigenvalue weighted by Crippen LogP contribution is 2.36. The van der Waals surface area contributed by atoms with Gasteiger partial charge in [0.2, 0.25) is 5.88 Å². The molecule has 1 aliphatic heterocycles. The first kappa shape index (κ1) is 17.9. The summed E-state index contributed by atoms with van der Waals surface area (Å²) in [5.41, 5.74) is 5.00. The Morgan fingerprint density at radius 2 is 1.73 bits per heavy atom. The van der Waals surface area contributed by atoms with Crippen molar-refractivity contribution in [2.45, 2.75) is 0 Å². The monoisotopic (exact) mass is 393 g/mol. The lowest BCUT2D eigenvalue weighted by Crippen LogP contribution is -1.97. The number of hydrogen-bond donors (Lipinski definition) is 1. The first-order chi connectivity index (χ1) is 14.7. The number of fused-ring (bicyclic) bond motifs is 1. The van der Waals surface area contributed by atoms with E-state index in [1.807, 2.05) is 84.9 Å². The highest BCUT2D eigenvalue weighted by atomic mass is 16.5. The third kappa shape index (κ3) is 3.06. The van der Waals surface area contributed by atoms with Crippen LogP contribution in [0.3, 0.4) is 0 Å². The zero-order chi connectivity index (χ0) is 20.5. The average Bonchev–Trinajstić information content (AvgIpc) is 3.36. The van der Waals surface area contributed by atoms with Crippen LogP contribution in [0.25, 0.3) is 28.7 Å². The molecule has 4 aromatic rings. The van der Waals surface area contributed by atoms with Crippen molar-refractivity contribution < 1.29 is 9.84 Å². The number of methoxy groups -OCH3 is 1. The topological polar surface area (TPSA) is 59.6 Å². The summed E-state index contributed by atoms with van der Waals surface area (Å²) in [6, 6.07) is 25.3. The fourth-order valence-corrected chi connectivity index (χ4v) is 3.60. The van der Waals surface area contributed by atoms with E-state index in [1.165, 1.54) is 0 Å². The van der Waals surface area contributed by atoms with Gasteiger partial charge in [-0.05, 0) is 24.3 Å². The van der Waals surface area contributed by atoms with Gasteiger partial charge in [-0.1, -0.05) is 54.6 Å². The Balaban J connectivity index is 1.70. The van der Waals surface area contributed by atoms with E-state index in [9.17, 15) is 5.11 Å². The fourth-order valence-electron chi connectivity index (χ4n) is 3.60. The molecule has 1 aliphatic rings. The molecule has 1 N–H and O–H groups in total. The number of aromatic nitrogens is 2. The summed E-state index contributed by atoms with van der Waals surface area (Å²) < 4.78 is 7.11. The van der Waals surface area contributed by atoms with E-state index in [-0.39, 0.29) is 5.88 Å². The van der Waals surface area contributed by atoms with E-state index in [1.54, 1.807) is 17.9 Å². The Hall–Kier alpha value is -4.12. The minimum absolute atomic E-state index is 0.0624. The van der Waals surface area contributed by atoms with Crippen LogP contribution in [0.2, 0.25) is 0 Å².